The number of carbonyl (C=O) groups is 2. The molecule has 0 N–H and O–H groups in total. The lowest BCUT2D eigenvalue weighted by Gasteiger charge is -2.31. The van der Waals surface area contributed by atoms with E-state index in [-0.39, 0.29) is 25.0 Å². The van der Waals surface area contributed by atoms with Gasteiger partial charge in [-0.05, 0) is 43.2 Å². The molecule has 2 aromatic heterocycles. The van der Waals surface area contributed by atoms with Crippen molar-refractivity contribution in [1.82, 2.24) is 14.9 Å². The number of pyridine rings is 1. The van der Waals surface area contributed by atoms with Crippen LogP contribution in [-0.2, 0) is 9.59 Å². The summed E-state index contributed by atoms with van der Waals surface area (Å²) in [5, 5.41) is 2.80. The Labute approximate surface area is 191 Å². The van der Waals surface area contributed by atoms with Gasteiger partial charge in [0.25, 0.3) is 5.91 Å². The SMILES string of the molecule is CCCN(CCC)C(=O)CN1C(=O)COc2ccc(-c3csc(-c4ccccn4)n3)cc21. The fourth-order valence-corrected chi connectivity index (χ4v) is 4.49. The number of amides is 2. The Morgan fingerprint density at radius 2 is 1.97 bits per heavy atom. The summed E-state index contributed by atoms with van der Waals surface area (Å²) in [5.74, 6) is 0.327. The van der Waals surface area contributed by atoms with Crippen molar-refractivity contribution in [3.05, 3.63) is 48.0 Å². The van der Waals surface area contributed by atoms with E-state index in [4.69, 9.17) is 9.72 Å². The van der Waals surface area contributed by atoms with Crippen LogP contribution in [-0.4, -0.2) is 52.9 Å². The minimum Gasteiger partial charge on any atom is -0.482 e. The van der Waals surface area contributed by atoms with E-state index in [0.717, 1.165) is 34.8 Å². The lowest BCUT2D eigenvalue weighted by Crippen LogP contribution is -2.46. The highest BCUT2D eigenvalue weighted by Crippen LogP contribution is 2.37. The van der Waals surface area contributed by atoms with Crippen molar-refractivity contribution < 1.29 is 14.3 Å². The molecule has 32 heavy (non-hydrogen) atoms. The Bertz CT molecular complexity index is 1090. The zero-order valence-corrected chi connectivity index (χ0v) is 19.1. The van der Waals surface area contributed by atoms with Gasteiger partial charge in [-0.3, -0.25) is 19.5 Å². The standard InChI is InChI=1S/C24H26N4O3S/c1-3-11-27(12-4-2)22(29)14-28-20-13-17(8-9-21(20)31-15-23(28)30)19-16-32-24(26-19)18-7-5-6-10-25-18/h5-10,13,16H,3-4,11-12,14-15H2,1-2H3. The van der Waals surface area contributed by atoms with Gasteiger partial charge in [0, 0.05) is 30.2 Å². The van der Waals surface area contributed by atoms with Gasteiger partial charge >= 0.3 is 0 Å². The Hall–Kier alpha value is -3.26. The molecule has 0 bridgehead atoms. The van der Waals surface area contributed by atoms with Crippen LogP contribution in [0.5, 0.6) is 5.75 Å². The number of nitrogens with zero attached hydrogens (tertiary/aromatic N) is 4. The van der Waals surface area contributed by atoms with Gasteiger partial charge in [0.1, 0.15) is 17.3 Å². The molecule has 0 fully saturated rings. The van der Waals surface area contributed by atoms with Gasteiger partial charge in [-0.15, -0.1) is 11.3 Å². The number of carbonyl (C=O) groups excluding carboxylic acids is 2. The maximum Gasteiger partial charge on any atom is 0.265 e. The molecule has 0 radical (unpaired) electrons. The van der Waals surface area contributed by atoms with Crippen molar-refractivity contribution in [2.45, 2.75) is 26.7 Å². The highest BCUT2D eigenvalue weighted by atomic mass is 32.1. The first-order valence-corrected chi connectivity index (χ1v) is 11.7. The molecule has 4 rings (SSSR count). The fraction of sp³-hybridized carbons (Fsp3) is 0.333. The molecule has 2 amide bonds. The predicted molar refractivity (Wildman–Crippen MR) is 126 cm³/mol. The zero-order valence-electron chi connectivity index (χ0n) is 18.3. The molecule has 166 valence electrons. The Morgan fingerprint density at radius 1 is 1.16 bits per heavy atom. The molecular weight excluding hydrogens is 424 g/mol. The van der Waals surface area contributed by atoms with E-state index >= 15 is 0 Å². The first kappa shape index (κ1) is 22.0. The van der Waals surface area contributed by atoms with E-state index in [1.165, 1.54) is 16.2 Å². The second-order valence-electron chi connectivity index (χ2n) is 7.58. The van der Waals surface area contributed by atoms with Crippen LogP contribution >= 0.6 is 11.3 Å². The highest BCUT2D eigenvalue weighted by molar-refractivity contribution is 7.13. The molecule has 3 heterocycles. The summed E-state index contributed by atoms with van der Waals surface area (Å²) in [4.78, 5) is 38.1. The number of hydrogen-bond acceptors (Lipinski definition) is 6. The van der Waals surface area contributed by atoms with Crippen LogP contribution < -0.4 is 9.64 Å². The van der Waals surface area contributed by atoms with Gasteiger partial charge in [-0.2, -0.15) is 0 Å². The number of thiazole rings is 1. The second-order valence-corrected chi connectivity index (χ2v) is 8.44. The highest BCUT2D eigenvalue weighted by Gasteiger charge is 2.29. The Balaban J connectivity index is 1.61. The molecule has 0 unspecified atom stereocenters. The molecule has 7 nitrogen and oxygen atoms in total. The maximum absolute atomic E-state index is 12.9. The van der Waals surface area contributed by atoms with Crippen molar-refractivity contribution in [2.75, 3.05) is 31.1 Å². The Morgan fingerprint density at radius 3 is 2.69 bits per heavy atom. The fourth-order valence-electron chi connectivity index (χ4n) is 3.68. The van der Waals surface area contributed by atoms with Gasteiger partial charge in [0.2, 0.25) is 5.91 Å². The van der Waals surface area contributed by atoms with Crippen LogP contribution in [0.2, 0.25) is 0 Å². The van der Waals surface area contributed by atoms with E-state index in [1.807, 2.05) is 60.5 Å². The molecule has 0 saturated carbocycles. The van der Waals surface area contributed by atoms with Crippen LogP contribution in [0.1, 0.15) is 26.7 Å². The Kier molecular flexibility index (Phi) is 6.80. The van der Waals surface area contributed by atoms with Crippen LogP contribution in [0.15, 0.2) is 48.0 Å². The third-order valence-electron chi connectivity index (χ3n) is 5.22. The van der Waals surface area contributed by atoms with E-state index in [0.29, 0.717) is 24.5 Å². The minimum absolute atomic E-state index is 0.00883. The van der Waals surface area contributed by atoms with E-state index in [1.54, 1.807) is 6.20 Å². The lowest BCUT2D eigenvalue weighted by atomic mass is 10.1. The topological polar surface area (TPSA) is 75.6 Å². The normalized spacial score (nSPS) is 12.9. The van der Waals surface area contributed by atoms with Crippen LogP contribution in [0.4, 0.5) is 5.69 Å². The second kappa shape index (κ2) is 9.91. The molecule has 0 aliphatic carbocycles. The summed E-state index contributed by atoms with van der Waals surface area (Å²) in [6.45, 7) is 5.41. The van der Waals surface area contributed by atoms with Crippen molar-refractivity contribution in [3.63, 3.8) is 0 Å². The number of benzene rings is 1. The zero-order chi connectivity index (χ0) is 22.5. The van der Waals surface area contributed by atoms with E-state index < -0.39 is 0 Å². The molecule has 1 aromatic carbocycles. The number of rotatable bonds is 8. The van der Waals surface area contributed by atoms with Crippen molar-refractivity contribution in [2.24, 2.45) is 0 Å². The van der Waals surface area contributed by atoms with Gasteiger partial charge < -0.3 is 9.64 Å². The van der Waals surface area contributed by atoms with Crippen molar-refractivity contribution in [3.8, 4) is 27.7 Å². The first-order valence-electron chi connectivity index (χ1n) is 10.8. The van der Waals surface area contributed by atoms with Gasteiger partial charge in [-0.1, -0.05) is 19.9 Å². The molecule has 0 saturated heterocycles. The van der Waals surface area contributed by atoms with E-state index in [2.05, 4.69) is 4.98 Å². The molecule has 8 heteroatoms. The minimum atomic E-state index is -0.219. The molecule has 0 atom stereocenters. The van der Waals surface area contributed by atoms with Gasteiger partial charge in [0.05, 0.1) is 17.1 Å². The number of anilines is 1. The number of ether oxygens (including phenoxy) is 1. The average molecular weight is 451 g/mol. The number of hydrogen-bond donors (Lipinski definition) is 0. The summed E-state index contributed by atoms with van der Waals surface area (Å²) < 4.78 is 5.62. The smallest absolute Gasteiger partial charge is 0.265 e. The quantitative estimate of drug-likeness (QED) is 0.513. The molecular formula is C24H26N4O3S. The first-order chi connectivity index (χ1) is 15.6. The van der Waals surface area contributed by atoms with Gasteiger partial charge in [0.15, 0.2) is 6.61 Å². The van der Waals surface area contributed by atoms with Crippen molar-refractivity contribution >= 4 is 28.8 Å². The monoisotopic (exact) mass is 450 g/mol. The molecule has 1 aliphatic rings. The summed E-state index contributed by atoms with van der Waals surface area (Å²) >= 11 is 1.52. The molecule has 0 spiro atoms. The summed E-state index contributed by atoms with van der Waals surface area (Å²) in [7, 11) is 0. The third kappa shape index (κ3) is 4.65. The number of aromatic nitrogens is 2. The van der Waals surface area contributed by atoms with E-state index in [9.17, 15) is 9.59 Å². The third-order valence-corrected chi connectivity index (χ3v) is 6.08. The summed E-state index contributed by atoms with van der Waals surface area (Å²) in [6.07, 6.45) is 3.51. The summed E-state index contributed by atoms with van der Waals surface area (Å²) in [5.41, 5.74) is 3.07. The van der Waals surface area contributed by atoms with Crippen LogP contribution in [0.3, 0.4) is 0 Å². The number of fused-ring (bicyclic) bond motifs is 1. The lowest BCUT2D eigenvalue weighted by molar-refractivity contribution is -0.132. The summed E-state index contributed by atoms with van der Waals surface area (Å²) in [6, 6.07) is 11.4. The molecule has 1 aliphatic heterocycles. The average Bonchev–Trinajstić information content (AvgIpc) is 3.31. The predicted octanol–water partition coefficient (Wildman–Crippen LogP) is 4.25. The van der Waals surface area contributed by atoms with Crippen molar-refractivity contribution in [1.29, 1.82) is 0 Å². The van der Waals surface area contributed by atoms with Crippen LogP contribution in [0, 0.1) is 0 Å². The molecule has 3 aromatic rings. The van der Waals surface area contributed by atoms with Crippen LogP contribution in [0.25, 0.3) is 22.0 Å². The van der Waals surface area contributed by atoms with Gasteiger partial charge in [-0.25, -0.2) is 4.98 Å². The maximum atomic E-state index is 12.9. The largest absolute Gasteiger partial charge is 0.482 e.